The average Bonchev–Trinajstić information content (AvgIpc) is 2.17. The number of carboxylic acids is 1. The van der Waals surface area contributed by atoms with Crippen molar-refractivity contribution in [2.45, 2.75) is 0 Å². The maximum atomic E-state index is 13.1. The first-order chi connectivity index (χ1) is 6.70. The van der Waals surface area contributed by atoms with Crippen molar-refractivity contribution in [2.24, 2.45) is 0 Å². The summed E-state index contributed by atoms with van der Waals surface area (Å²) in [7, 11) is 0. The normalized spacial score (nSPS) is 9.67. The molecule has 15 heavy (non-hydrogen) atoms. The van der Waals surface area contributed by atoms with Crippen LogP contribution in [0.4, 0.5) is 4.39 Å². The fourth-order valence-corrected chi connectivity index (χ4v) is 1.33. The molecule has 0 saturated carbocycles. The molecular weight excluding hydrogens is 221 g/mol. The van der Waals surface area contributed by atoms with Crippen molar-refractivity contribution in [1.29, 1.82) is 0 Å². The molecule has 1 heterocycles. The van der Waals surface area contributed by atoms with E-state index in [4.69, 9.17) is 5.11 Å². The van der Waals surface area contributed by atoms with Crippen LogP contribution in [0.2, 0.25) is 0 Å². The molecule has 3 nitrogen and oxygen atoms in total. The Balaban J connectivity index is 0.00000112. The minimum atomic E-state index is -1.28. The first-order valence-corrected chi connectivity index (χ1v) is 3.96. The number of halogens is 2. The molecule has 0 aliphatic heterocycles. The summed E-state index contributed by atoms with van der Waals surface area (Å²) in [5.74, 6) is -2.09. The van der Waals surface area contributed by atoms with Crippen LogP contribution in [0.5, 0.6) is 0 Å². The topological polar surface area (TPSA) is 50.2 Å². The van der Waals surface area contributed by atoms with Gasteiger partial charge in [-0.25, -0.2) is 9.18 Å². The lowest BCUT2D eigenvalue weighted by Crippen LogP contribution is -2.02. The fraction of sp³-hybridized carbons (Fsp3) is 0. The third kappa shape index (κ3) is 1.89. The van der Waals surface area contributed by atoms with E-state index in [0.717, 1.165) is 6.20 Å². The molecule has 0 spiro atoms. The molecule has 0 atom stereocenters. The van der Waals surface area contributed by atoms with E-state index in [1.807, 2.05) is 0 Å². The first-order valence-electron chi connectivity index (χ1n) is 3.96. The van der Waals surface area contributed by atoms with Crippen molar-refractivity contribution in [3.05, 3.63) is 41.8 Å². The second-order valence-electron chi connectivity index (χ2n) is 2.80. The lowest BCUT2D eigenvalue weighted by molar-refractivity contribution is 0.0694. The number of nitrogens with zero attached hydrogens (tertiary/aromatic N) is 1. The number of benzene rings is 1. The SMILES string of the molecule is Cl.O=C(O)c1c(F)cnc2ccccc12. The maximum Gasteiger partial charge on any atom is 0.339 e. The quantitative estimate of drug-likeness (QED) is 0.814. The van der Waals surface area contributed by atoms with Gasteiger partial charge in [0.1, 0.15) is 5.56 Å². The minimum Gasteiger partial charge on any atom is -0.478 e. The summed E-state index contributed by atoms with van der Waals surface area (Å²) in [4.78, 5) is 14.6. The van der Waals surface area contributed by atoms with E-state index in [1.54, 1.807) is 18.2 Å². The zero-order valence-electron chi connectivity index (χ0n) is 7.48. The number of fused-ring (bicyclic) bond motifs is 1. The van der Waals surface area contributed by atoms with Gasteiger partial charge in [-0.05, 0) is 6.07 Å². The third-order valence-electron chi connectivity index (χ3n) is 1.94. The van der Waals surface area contributed by atoms with Gasteiger partial charge in [0.15, 0.2) is 5.82 Å². The maximum absolute atomic E-state index is 13.1. The number of carboxylic acid groups (broad SMARTS) is 1. The van der Waals surface area contributed by atoms with Crippen LogP contribution >= 0.6 is 12.4 Å². The van der Waals surface area contributed by atoms with Crippen LogP contribution in [0.15, 0.2) is 30.5 Å². The van der Waals surface area contributed by atoms with Crippen LogP contribution in [-0.4, -0.2) is 16.1 Å². The molecule has 0 unspecified atom stereocenters. The third-order valence-corrected chi connectivity index (χ3v) is 1.94. The number of hydrogen-bond donors (Lipinski definition) is 1. The van der Waals surface area contributed by atoms with E-state index in [-0.39, 0.29) is 18.0 Å². The second-order valence-corrected chi connectivity index (χ2v) is 2.80. The average molecular weight is 228 g/mol. The Bertz CT molecular complexity index is 516. The second kappa shape index (κ2) is 4.23. The van der Waals surface area contributed by atoms with E-state index in [2.05, 4.69) is 4.98 Å². The number of para-hydroxylation sites is 1. The molecule has 0 saturated heterocycles. The molecule has 1 aromatic carbocycles. The Labute approximate surface area is 91.0 Å². The summed E-state index contributed by atoms with van der Waals surface area (Å²) in [5.41, 5.74) is 0.155. The van der Waals surface area contributed by atoms with Crippen LogP contribution in [0, 0.1) is 5.82 Å². The molecule has 0 amide bonds. The summed E-state index contributed by atoms with van der Waals surface area (Å²) >= 11 is 0. The number of aromatic carboxylic acids is 1. The standard InChI is InChI=1S/C10H6FNO2.ClH/c11-7-5-12-8-4-2-1-3-6(8)9(7)10(13)14;/h1-5H,(H,13,14);1H. The highest BCUT2D eigenvalue weighted by atomic mass is 35.5. The molecule has 2 rings (SSSR count). The summed E-state index contributed by atoms with van der Waals surface area (Å²) in [6, 6.07) is 6.55. The lowest BCUT2D eigenvalue weighted by atomic mass is 10.1. The van der Waals surface area contributed by atoms with Gasteiger partial charge in [-0.2, -0.15) is 0 Å². The van der Waals surface area contributed by atoms with Gasteiger partial charge in [-0.15, -0.1) is 12.4 Å². The molecule has 1 aromatic heterocycles. The predicted molar refractivity (Wildman–Crippen MR) is 55.9 cm³/mol. The van der Waals surface area contributed by atoms with Crippen LogP contribution in [0.25, 0.3) is 10.9 Å². The van der Waals surface area contributed by atoms with Crippen molar-refractivity contribution in [2.75, 3.05) is 0 Å². The largest absolute Gasteiger partial charge is 0.478 e. The zero-order valence-corrected chi connectivity index (χ0v) is 8.29. The number of aromatic nitrogens is 1. The molecule has 0 radical (unpaired) electrons. The van der Waals surface area contributed by atoms with E-state index in [1.165, 1.54) is 6.07 Å². The van der Waals surface area contributed by atoms with E-state index in [9.17, 15) is 9.18 Å². The number of hydrogen-bond acceptors (Lipinski definition) is 2. The van der Waals surface area contributed by atoms with Crippen molar-refractivity contribution < 1.29 is 14.3 Å². The van der Waals surface area contributed by atoms with Crippen molar-refractivity contribution in [1.82, 2.24) is 4.98 Å². The monoisotopic (exact) mass is 227 g/mol. The Hall–Kier alpha value is -1.68. The Morgan fingerprint density at radius 2 is 2.00 bits per heavy atom. The highest BCUT2D eigenvalue weighted by Crippen LogP contribution is 2.18. The molecule has 0 aliphatic carbocycles. The van der Waals surface area contributed by atoms with Gasteiger partial charge in [0, 0.05) is 5.39 Å². The molecule has 1 N–H and O–H groups in total. The van der Waals surface area contributed by atoms with Crippen molar-refractivity contribution in [3.63, 3.8) is 0 Å². The summed E-state index contributed by atoms with van der Waals surface area (Å²) in [6.45, 7) is 0. The smallest absolute Gasteiger partial charge is 0.339 e. The summed E-state index contributed by atoms with van der Waals surface area (Å²) in [6.07, 6.45) is 0.922. The van der Waals surface area contributed by atoms with Gasteiger partial charge in [0.25, 0.3) is 0 Å². The van der Waals surface area contributed by atoms with Gasteiger partial charge in [-0.3, -0.25) is 4.98 Å². The van der Waals surface area contributed by atoms with Crippen LogP contribution in [0.3, 0.4) is 0 Å². The van der Waals surface area contributed by atoms with Gasteiger partial charge in [-0.1, -0.05) is 18.2 Å². The van der Waals surface area contributed by atoms with Crippen LogP contribution < -0.4 is 0 Å². The van der Waals surface area contributed by atoms with Crippen LogP contribution in [0.1, 0.15) is 10.4 Å². The Morgan fingerprint density at radius 3 is 2.67 bits per heavy atom. The Morgan fingerprint density at radius 1 is 1.33 bits per heavy atom. The molecule has 0 fully saturated rings. The number of rotatable bonds is 1. The minimum absolute atomic E-state index is 0. The number of carbonyl (C=O) groups is 1. The van der Waals surface area contributed by atoms with E-state index < -0.39 is 11.8 Å². The van der Waals surface area contributed by atoms with Crippen molar-refractivity contribution in [3.8, 4) is 0 Å². The van der Waals surface area contributed by atoms with Crippen molar-refractivity contribution >= 4 is 29.3 Å². The fourth-order valence-electron chi connectivity index (χ4n) is 1.33. The zero-order chi connectivity index (χ0) is 10.1. The Kier molecular flexibility index (Phi) is 3.21. The molecule has 0 bridgehead atoms. The van der Waals surface area contributed by atoms with Crippen LogP contribution in [-0.2, 0) is 0 Å². The van der Waals surface area contributed by atoms with Gasteiger partial charge >= 0.3 is 5.97 Å². The highest BCUT2D eigenvalue weighted by molar-refractivity contribution is 6.02. The van der Waals surface area contributed by atoms with E-state index >= 15 is 0 Å². The summed E-state index contributed by atoms with van der Waals surface area (Å²) < 4.78 is 13.1. The predicted octanol–water partition coefficient (Wildman–Crippen LogP) is 2.49. The number of pyridine rings is 1. The molecule has 78 valence electrons. The highest BCUT2D eigenvalue weighted by Gasteiger charge is 2.14. The van der Waals surface area contributed by atoms with Gasteiger partial charge in [0.2, 0.25) is 0 Å². The molecule has 0 aliphatic rings. The molecule has 2 aromatic rings. The van der Waals surface area contributed by atoms with Gasteiger partial charge < -0.3 is 5.11 Å². The molecular formula is C10H7ClFNO2. The van der Waals surface area contributed by atoms with E-state index in [0.29, 0.717) is 10.9 Å². The van der Waals surface area contributed by atoms with Gasteiger partial charge in [0.05, 0.1) is 11.7 Å². The summed E-state index contributed by atoms with van der Waals surface area (Å²) in [5, 5.41) is 9.12. The molecule has 5 heteroatoms. The first kappa shape index (κ1) is 11.4. The lowest BCUT2D eigenvalue weighted by Gasteiger charge is -2.01.